The van der Waals surface area contributed by atoms with E-state index in [4.69, 9.17) is 9.52 Å². The van der Waals surface area contributed by atoms with Crippen molar-refractivity contribution in [1.29, 1.82) is 0 Å². The molecule has 2 rings (SSSR count). The summed E-state index contributed by atoms with van der Waals surface area (Å²) in [5.41, 5.74) is 0.0841. The Morgan fingerprint density at radius 2 is 2.21 bits per heavy atom. The number of rotatable bonds is 5. The molecule has 6 nitrogen and oxygen atoms in total. The maximum absolute atomic E-state index is 11.8. The summed E-state index contributed by atoms with van der Waals surface area (Å²) in [6.07, 6.45) is 3.09. The summed E-state index contributed by atoms with van der Waals surface area (Å²) in [7, 11) is 0. The highest BCUT2D eigenvalue weighted by Crippen LogP contribution is 2.12. The molecule has 0 aliphatic carbocycles. The summed E-state index contributed by atoms with van der Waals surface area (Å²) in [5, 5.41) is 11.7. The molecular weight excluding hydrogens is 248 g/mol. The first-order valence-electron chi connectivity index (χ1n) is 5.79. The van der Waals surface area contributed by atoms with Crippen molar-refractivity contribution in [3.63, 3.8) is 0 Å². The number of carboxylic acid groups (broad SMARTS) is 1. The van der Waals surface area contributed by atoms with E-state index in [1.54, 1.807) is 31.3 Å². The summed E-state index contributed by atoms with van der Waals surface area (Å²) >= 11 is 0. The number of amides is 1. The van der Waals surface area contributed by atoms with E-state index in [0.717, 1.165) is 0 Å². The number of hydrogen-bond acceptors (Lipinski definition) is 3. The normalized spacial score (nSPS) is 12.1. The average Bonchev–Trinajstić information content (AvgIpc) is 2.98. The number of hydrogen-bond donors (Lipinski definition) is 2. The van der Waals surface area contributed by atoms with Crippen LogP contribution < -0.4 is 5.32 Å². The highest BCUT2D eigenvalue weighted by Gasteiger charge is 2.15. The molecule has 0 aromatic carbocycles. The number of aromatic nitrogens is 1. The van der Waals surface area contributed by atoms with Crippen LogP contribution in [0.1, 0.15) is 29.2 Å². The lowest BCUT2D eigenvalue weighted by Crippen LogP contribution is -2.30. The summed E-state index contributed by atoms with van der Waals surface area (Å²) in [4.78, 5) is 22.7. The topological polar surface area (TPSA) is 84.5 Å². The number of aromatic carboxylic acids is 1. The van der Waals surface area contributed by atoms with Gasteiger partial charge in [-0.1, -0.05) is 0 Å². The van der Waals surface area contributed by atoms with Gasteiger partial charge in [-0.15, -0.1) is 0 Å². The highest BCUT2D eigenvalue weighted by atomic mass is 16.4. The molecule has 0 saturated carbocycles. The van der Waals surface area contributed by atoms with E-state index in [1.807, 2.05) is 0 Å². The molecule has 2 heterocycles. The van der Waals surface area contributed by atoms with Crippen molar-refractivity contribution in [3.05, 3.63) is 48.2 Å². The molecule has 0 saturated heterocycles. The average molecular weight is 262 g/mol. The van der Waals surface area contributed by atoms with Gasteiger partial charge >= 0.3 is 5.97 Å². The SMILES string of the molecule is CC(NC(=O)Cn1cccc1C(=O)O)c1ccco1. The monoisotopic (exact) mass is 262 g/mol. The second kappa shape index (κ2) is 5.43. The van der Waals surface area contributed by atoms with E-state index in [1.165, 1.54) is 16.9 Å². The largest absolute Gasteiger partial charge is 0.477 e. The van der Waals surface area contributed by atoms with E-state index in [9.17, 15) is 9.59 Å². The van der Waals surface area contributed by atoms with Gasteiger partial charge in [0.2, 0.25) is 5.91 Å². The van der Waals surface area contributed by atoms with Gasteiger partial charge in [-0.2, -0.15) is 0 Å². The third-order valence-corrected chi connectivity index (χ3v) is 2.71. The van der Waals surface area contributed by atoms with Crippen LogP contribution in [0.3, 0.4) is 0 Å². The minimum absolute atomic E-state index is 0.0420. The molecule has 0 aliphatic heterocycles. The Kier molecular flexibility index (Phi) is 3.70. The fourth-order valence-electron chi connectivity index (χ4n) is 1.80. The maximum atomic E-state index is 11.8. The van der Waals surface area contributed by atoms with Gasteiger partial charge in [0.15, 0.2) is 0 Å². The van der Waals surface area contributed by atoms with Crippen LogP contribution in [0, 0.1) is 0 Å². The fourth-order valence-corrected chi connectivity index (χ4v) is 1.80. The van der Waals surface area contributed by atoms with Crippen molar-refractivity contribution in [2.45, 2.75) is 19.5 Å². The molecule has 1 atom stereocenters. The Labute approximate surface area is 109 Å². The van der Waals surface area contributed by atoms with Crippen molar-refractivity contribution in [2.75, 3.05) is 0 Å². The van der Waals surface area contributed by atoms with Crippen LogP contribution in [0.4, 0.5) is 0 Å². The lowest BCUT2D eigenvalue weighted by Gasteiger charge is -2.12. The zero-order chi connectivity index (χ0) is 13.8. The van der Waals surface area contributed by atoms with Crippen molar-refractivity contribution < 1.29 is 19.1 Å². The molecule has 0 aliphatic rings. The molecule has 1 amide bonds. The lowest BCUT2D eigenvalue weighted by atomic mass is 10.2. The zero-order valence-electron chi connectivity index (χ0n) is 10.4. The van der Waals surface area contributed by atoms with E-state index in [2.05, 4.69) is 5.32 Å². The van der Waals surface area contributed by atoms with E-state index in [-0.39, 0.29) is 24.2 Å². The number of nitrogens with one attached hydrogen (secondary N) is 1. The first-order valence-corrected chi connectivity index (χ1v) is 5.79. The molecule has 100 valence electrons. The van der Waals surface area contributed by atoms with Crippen LogP contribution in [0.5, 0.6) is 0 Å². The molecule has 0 fully saturated rings. The van der Waals surface area contributed by atoms with Crippen molar-refractivity contribution in [2.24, 2.45) is 0 Å². The molecule has 1 unspecified atom stereocenters. The van der Waals surface area contributed by atoms with Gasteiger partial charge in [-0.25, -0.2) is 4.79 Å². The Balaban J connectivity index is 1.98. The van der Waals surface area contributed by atoms with E-state index in [0.29, 0.717) is 5.76 Å². The van der Waals surface area contributed by atoms with Crippen molar-refractivity contribution in [1.82, 2.24) is 9.88 Å². The molecule has 19 heavy (non-hydrogen) atoms. The number of furan rings is 1. The number of nitrogens with zero attached hydrogens (tertiary/aromatic N) is 1. The molecule has 0 radical (unpaired) electrons. The minimum atomic E-state index is -1.06. The summed E-state index contributed by atoms with van der Waals surface area (Å²) in [5.74, 6) is -0.682. The Morgan fingerprint density at radius 3 is 2.84 bits per heavy atom. The van der Waals surface area contributed by atoms with Crippen molar-refractivity contribution >= 4 is 11.9 Å². The van der Waals surface area contributed by atoms with Crippen LogP contribution in [0.25, 0.3) is 0 Å². The summed E-state index contributed by atoms with van der Waals surface area (Å²) in [6.45, 7) is 1.75. The van der Waals surface area contributed by atoms with Gasteiger partial charge in [0.25, 0.3) is 0 Å². The van der Waals surface area contributed by atoms with Gasteiger partial charge in [-0.05, 0) is 31.2 Å². The van der Waals surface area contributed by atoms with Gasteiger partial charge in [0.05, 0.1) is 12.3 Å². The number of carboxylic acids is 1. The van der Waals surface area contributed by atoms with Crippen LogP contribution >= 0.6 is 0 Å². The molecule has 2 aromatic rings. The second-order valence-corrected chi connectivity index (χ2v) is 4.13. The fraction of sp³-hybridized carbons (Fsp3) is 0.231. The van der Waals surface area contributed by atoms with Gasteiger partial charge < -0.3 is 19.4 Å². The minimum Gasteiger partial charge on any atom is -0.477 e. The molecule has 2 N–H and O–H groups in total. The smallest absolute Gasteiger partial charge is 0.352 e. The van der Waals surface area contributed by atoms with Crippen molar-refractivity contribution in [3.8, 4) is 0 Å². The lowest BCUT2D eigenvalue weighted by molar-refractivity contribution is -0.122. The first-order chi connectivity index (χ1) is 9.08. The predicted octanol–water partition coefficient (Wildman–Crippen LogP) is 1.66. The third kappa shape index (κ3) is 3.04. The third-order valence-electron chi connectivity index (χ3n) is 2.71. The predicted molar refractivity (Wildman–Crippen MR) is 66.7 cm³/mol. The first kappa shape index (κ1) is 12.9. The highest BCUT2D eigenvalue weighted by molar-refractivity contribution is 5.86. The number of carbonyl (C=O) groups is 2. The van der Waals surface area contributed by atoms with E-state index < -0.39 is 5.97 Å². The van der Waals surface area contributed by atoms with Crippen LogP contribution in [0.15, 0.2) is 41.1 Å². The van der Waals surface area contributed by atoms with Gasteiger partial charge in [-0.3, -0.25) is 4.79 Å². The maximum Gasteiger partial charge on any atom is 0.352 e. The summed E-state index contributed by atoms with van der Waals surface area (Å²) < 4.78 is 6.56. The quantitative estimate of drug-likeness (QED) is 0.858. The van der Waals surface area contributed by atoms with Crippen LogP contribution in [0.2, 0.25) is 0 Å². The molecule has 6 heteroatoms. The zero-order valence-corrected chi connectivity index (χ0v) is 10.4. The second-order valence-electron chi connectivity index (χ2n) is 4.13. The molecule has 0 spiro atoms. The molecular formula is C13H14N2O4. The Morgan fingerprint density at radius 1 is 1.42 bits per heavy atom. The molecule has 0 bridgehead atoms. The van der Waals surface area contributed by atoms with Crippen LogP contribution in [-0.4, -0.2) is 21.6 Å². The van der Waals surface area contributed by atoms with E-state index >= 15 is 0 Å². The Bertz CT molecular complexity index is 571. The van der Waals surface area contributed by atoms with Crippen LogP contribution in [-0.2, 0) is 11.3 Å². The standard InChI is InChI=1S/C13H14N2O4/c1-9(11-5-3-7-19-11)14-12(16)8-15-6-2-4-10(15)13(17)18/h2-7,9H,8H2,1H3,(H,14,16)(H,17,18). The molecule has 2 aromatic heterocycles. The Hall–Kier alpha value is -2.50. The van der Waals surface area contributed by atoms with Gasteiger partial charge in [0.1, 0.15) is 18.0 Å². The number of carbonyl (C=O) groups excluding carboxylic acids is 1. The summed E-state index contributed by atoms with van der Waals surface area (Å²) in [6, 6.07) is 6.29. The van der Waals surface area contributed by atoms with Gasteiger partial charge in [0, 0.05) is 6.20 Å².